The minimum Gasteiger partial charge on any atom is -0.462 e. The van der Waals surface area contributed by atoms with E-state index in [0.29, 0.717) is 18.1 Å². The molecule has 0 saturated carbocycles. The van der Waals surface area contributed by atoms with Crippen LogP contribution in [-0.4, -0.2) is 18.0 Å². The summed E-state index contributed by atoms with van der Waals surface area (Å²) in [6.07, 6.45) is 0.777. The Bertz CT molecular complexity index is 520. The molecular weight excluding hydrogens is 280 g/mol. The van der Waals surface area contributed by atoms with E-state index in [1.165, 1.54) is 0 Å². The van der Waals surface area contributed by atoms with Crippen molar-refractivity contribution in [3.63, 3.8) is 0 Å². The lowest BCUT2D eigenvalue weighted by atomic mass is 10.1. The van der Waals surface area contributed by atoms with E-state index >= 15 is 0 Å². The van der Waals surface area contributed by atoms with E-state index in [2.05, 4.69) is 0 Å². The van der Waals surface area contributed by atoms with Crippen LogP contribution in [0.25, 0.3) is 0 Å². The molecule has 1 atom stereocenters. The van der Waals surface area contributed by atoms with Crippen LogP contribution in [0.4, 0.5) is 0 Å². The van der Waals surface area contributed by atoms with Crippen molar-refractivity contribution in [2.75, 3.05) is 0 Å². The number of hydrogen-bond acceptors (Lipinski definition) is 4. The Balaban J connectivity index is 2.35. The minimum atomic E-state index is -0.321. The molecule has 4 nitrogen and oxygen atoms in total. The third-order valence-electron chi connectivity index (χ3n) is 3.80. The van der Waals surface area contributed by atoms with Crippen LogP contribution in [0.15, 0.2) is 18.2 Å². The van der Waals surface area contributed by atoms with E-state index in [0.717, 1.165) is 11.1 Å². The predicted molar refractivity (Wildman–Crippen MR) is 85.8 cm³/mol. The number of carbonyl (C=O) groups is 2. The molecule has 0 spiro atoms. The Labute approximate surface area is 132 Å². The van der Waals surface area contributed by atoms with Gasteiger partial charge < -0.3 is 9.47 Å². The Kier molecular flexibility index (Phi) is 7.09. The van der Waals surface area contributed by atoms with Crippen molar-refractivity contribution in [2.24, 2.45) is 5.92 Å². The quantitative estimate of drug-likeness (QED) is 0.565. The van der Waals surface area contributed by atoms with Crippen molar-refractivity contribution in [1.29, 1.82) is 0 Å². The number of carbonyl (C=O) groups excluding carboxylic acids is 2. The number of esters is 2. The van der Waals surface area contributed by atoms with E-state index in [1.807, 2.05) is 46.8 Å². The molecule has 0 aliphatic carbocycles. The molecule has 1 aromatic rings. The largest absolute Gasteiger partial charge is 0.462 e. The molecule has 22 heavy (non-hydrogen) atoms. The lowest BCUT2D eigenvalue weighted by Crippen LogP contribution is -2.20. The van der Waals surface area contributed by atoms with Gasteiger partial charge in [-0.3, -0.25) is 9.59 Å². The molecule has 1 aromatic carbocycles. The molecule has 0 aliphatic rings. The molecule has 4 heteroatoms. The van der Waals surface area contributed by atoms with Gasteiger partial charge in [0.05, 0.1) is 0 Å². The normalized spacial score (nSPS) is 12.1. The van der Waals surface area contributed by atoms with Crippen LogP contribution >= 0.6 is 0 Å². The molecule has 0 aliphatic heterocycles. The molecule has 0 saturated heterocycles. The number of aryl methyl sites for hydroxylation is 1. The first-order chi connectivity index (χ1) is 10.3. The Morgan fingerprint density at radius 3 is 2.32 bits per heavy atom. The maximum atomic E-state index is 11.8. The van der Waals surface area contributed by atoms with E-state index in [-0.39, 0.29) is 30.9 Å². The third-order valence-corrected chi connectivity index (χ3v) is 3.80. The smallest absolute Gasteiger partial charge is 0.311 e. The molecule has 0 N–H and O–H groups in total. The monoisotopic (exact) mass is 306 g/mol. The zero-order valence-corrected chi connectivity index (χ0v) is 14.1. The standard InChI is InChI=1S/C18H26O4/c1-12(2)15(5)21-17(19)10-7-11-18(20)22-16-9-6-8-13(3)14(16)4/h6,8-9,12,15H,7,10-11H2,1-5H3. The van der Waals surface area contributed by atoms with Crippen molar-refractivity contribution in [2.45, 2.75) is 60.0 Å². The summed E-state index contributed by atoms with van der Waals surface area (Å²) in [6.45, 7) is 9.76. The third kappa shape index (κ3) is 5.88. The number of hydrogen-bond donors (Lipinski definition) is 0. The lowest BCUT2D eigenvalue weighted by molar-refractivity contribution is -0.150. The first-order valence-corrected chi connectivity index (χ1v) is 7.77. The van der Waals surface area contributed by atoms with Gasteiger partial charge in [-0.15, -0.1) is 0 Å². The van der Waals surface area contributed by atoms with Crippen molar-refractivity contribution in [1.82, 2.24) is 0 Å². The number of rotatable bonds is 7. The molecule has 0 amide bonds. The molecule has 122 valence electrons. The first kappa shape index (κ1) is 18.2. The van der Waals surface area contributed by atoms with Gasteiger partial charge in [-0.2, -0.15) is 0 Å². The van der Waals surface area contributed by atoms with Gasteiger partial charge in [-0.05, 0) is 50.3 Å². The molecule has 1 rings (SSSR count). The SMILES string of the molecule is Cc1cccc(OC(=O)CCCC(=O)OC(C)C(C)C)c1C. The van der Waals surface area contributed by atoms with Gasteiger partial charge in [0.15, 0.2) is 0 Å². The molecule has 0 fully saturated rings. The highest BCUT2D eigenvalue weighted by atomic mass is 16.5. The number of ether oxygens (including phenoxy) is 2. The first-order valence-electron chi connectivity index (χ1n) is 7.77. The molecule has 1 unspecified atom stereocenters. The van der Waals surface area contributed by atoms with Crippen molar-refractivity contribution in [3.8, 4) is 5.75 Å². The second-order valence-electron chi connectivity index (χ2n) is 5.96. The molecule has 0 heterocycles. The summed E-state index contributed by atoms with van der Waals surface area (Å²) >= 11 is 0. The average Bonchev–Trinajstić information content (AvgIpc) is 2.43. The van der Waals surface area contributed by atoms with Crippen LogP contribution in [0.2, 0.25) is 0 Å². The van der Waals surface area contributed by atoms with Crippen LogP contribution in [-0.2, 0) is 14.3 Å². The Hall–Kier alpha value is -1.84. The summed E-state index contributed by atoms with van der Waals surface area (Å²) < 4.78 is 10.6. The minimum absolute atomic E-state index is 0.102. The summed E-state index contributed by atoms with van der Waals surface area (Å²) in [6, 6.07) is 5.60. The maximum absolute atomic E-state index is 11.8. The lowest BCUT2D eigenvalue weighted by Gasteiger charge is -2.16. The second kappa shape index (κ2) is 8.57. The van der Waals surface area contributed by atoms with Gasteiger partial charge in [-0.1, -0.05) is 26.0 Å². The number of benzene rings is 1. The Morgan fingerprint density at radius 1 is 1.05 bits per heavy atom. The fourth-order valence-corrected chi connectivity index (χ4v) is 1.79. The van der Waals surface area contributed by atoms with Crippen LogP contribution in [0.3, 0.4) is 0 Å². The highest BCUT2D eigenvalue weighted by Gasteiger charge is 2.14. The summed E-state index contributed by atoms with van der Waals surface area (Å²) in [5, 5.41) is 0. The van der Waals surface area contributed by atoms with Crippen LogP contribution in [0.1, 0.15) is 51.2 Å². The van der Waals surface area contributed by atoms with Gasteiger partial charge in [0.2, 0.25) is 0 Å². The van der Waals surface area contributed by atoms with Gasteiger partial charge in [0, 0.05) is 12.8 Å². The van der Waals surface area contributed by atoms with Gasteiger partial charge >= 0.3 is 11.9 Å². The summed E-state index contributed by atoms with van der Waals surface area (Å²) in [5.41, 5.74) is 2.04. The van der Waals surface area contributed by atoms with Crippen LogP contribution in [0, 0.1) is 19.8 Å². The zero-order valence-electron chi connectivity index (χ0n) is 14.1. The van der Waals surface area contributed by atoms with Crippen molar-refractivity contribution in [3.05, 3.63) is 29.3 Å². The average molecular weight is 306 g/mol. The fraction of sp³-hybridized carbons (Fsp3) is 0.556. The Morgan fingerprint density at radius 2 is 1.68 bits per heavy atom. The van der Waals surface area contributed by atoms with Crippen molar-refractivity contribution >= 4 is 11.9 Å². The van der Waals surface area contributed by atoms with Crippen LogP contribution in [0.5, 0.6) is 5.75 Å². The van der Waals surface area contributed by atoms with Gasteiger partial charge in [-0.25, -0.2) is 0 Å². The van der Waals surface area contributed by atoms with E-state index in [4.69, 9.17) is 9.47 Å². The topological polar surface area (TPSA) is 52.6 Å². The zero-order chi connectivity index (χ0) is 16.7. The molecule has 0 aromatic heterocycles. The maximum Gasteiger partial charge on any atom is 0.311 e. The van der Waals surface area contributed by atoms with Crippen molar-refractivity contribution < 1.29 is 19.1 Å². The van der Waals surface area contributed by atoms with E-state index < -0.39 is 0 Å². The van der Waals surface area contributed by atoms with Gasteiger partial charge in [0.25, 0.3) is 0 Å². The highest BCUT2D eigenvalue weighted by molar-refractivity contribution is 5.74. The fourth-order valence-electron chi connectivity index (χ4n) is 1.79. The molecule has 0 radical (unpaired) electrons. The summed E-state index contributed by atoms with van der Waals surface area (Å²) in [4.78, 5) is 23.4. The molecular formula is C18H26O4. The summed E-state index contributed by atoms with van der Waals surface area (Å²) in [7, 11) is 0. The van der Waals surface area contributed by atoms with E-state index in [9.17, 15) is 9.59 Å². The molecule has 0 bridgehead atoms. The highest BCUT2D eigenvalue weighted by Crippen LogP contribution is 2.21. The van der Waals surface area contributed by atoms with E-state index in [1.54, 1.807) is 6.07 Å². The summed E-state index contributed by atoms with van der Waals surface area (Å²) in [5.74, 6) is 0.290. The van der Waals surface area contributed by atoms with Crippen LogP contribution < -0.4 is 4.74 Å². The predicted octanol–water partition coefficient (Wildman–Crippen LogP) is 3.97. The second-order valence-corrected chi connectivity index (χ2v) is 5.96. The van der Waals surface area contributed by atoms with Gasteiger partial charge in [0.1, 0.15) is 11.9 Å².